The van der Waals surface area contributed by atoms with Crippen LogP contribution in [0.5, 0.6) is 0 Å². The summed E-state index contributed by atoms with van der Waals surface area (Å²) in [5.41, 5.74) is 8.39. The zero-order chi connectivity index (χ0) is 48.0. The van der Waals surface area contributed by atoms with Crippen molar-refractivity contribution in [2.45, 2.75) is 77.8 Å². The Bertz CT molecular complexity index is 2600. The third kappa shape index (κ3) is 12.6. The van der Waals surface area contributed by atoms with Gasteiger partial charge in [-0.05, 0) is 84.7 Å². The van der Waals surface area contributed by atoms with Crippen LogP contribution in [0.4, 0.5) is 0 Å². The lowest BCUT2D eigenvalue weighted by Gasteiger charge is -2.34. The number of nitrogens with zero attached hydrogens (tertiary/aromatic N) is 6. The molecule has 0 aliphatic carbocycles. The molecule has 5 amide bonds. The van der Waals surface area contributed by atoms with Crippen LogP contribution in [0.25, 0.3) is 11.3 Å². The molecule has 15 heteroatoms. The highest BCUT2D eigenvalue weighted by molar-refractivity contribution is 6.24. The number of benzene rings is 3. The second-order valence-electron chi connectivity index (χ2n) is 17.2. The van der Waals surface area contributed by atoms with Gasteiger partial charge in [0, 0.05) is 102 Å². The number of Topliss-reactive ketones (excluding diaryl/α,β-unsaturated/α-hetero) is 1. The second-order valence-corrected chi connectivity index (χ2v) is 17.2. The van der Waals surface area contributed by atoms with Gasteiger partial charge >= 0.3 is 0 Å². The molecule has 8 rings (SSSR count). The Hall–Kier alpha value is -6.81. The van der Waals surface area contributed by atoms with Crippen molar-refractivity contribution < 1.29 is 38.2 Å². The van der Waals surface area contributed by atoms with E-state index in [1.54, 1.807) is 37.8 Å². The number of nitrogens with one attached hydrogen (secondary N) is 1. The first kappa shape index (κ1) is 49.1. The largest absolute Gasteiger partial charge is 0.384 e. The van der Waals surface area contributed by atoms with E-state index in [1.165, 1.54) is 0 Å². The Morgan fingerprint density at radius 1 is 0.838 bits per heavy atom. The summed E-state index contributed by atoms with van der Waals surface area (Å²) in [7, 11) is 1.62. The molecule has 0 spiro atoms. The average Bonchev–Trinajstić information content (AvgIpc) is 3.61. The van der Waals surface area contributed by atoms with Crippen molar-refractivity contribution in [2.75, 3.05) is 53.1 Å². The Morgan fingerprint density at radius 3 is 2.37 bits per heavy atom. The molecule has 2 aromatic heterocycles. The number of fused-ring (bicyclic) bond motifs is 1. The van der Waals surface area contributed by atoms with Gasteiger partial charge < -0.3 is 14.4 Å². The molecule has 1 N–H and O–H groups in total. The SMILES string of the molecule is CCCOCCCc1cccc2c1C(=O)N(C1CCC(=O)NC1=O)C2=O.COCCC(=O)N1CCN(Cc2ccc(C(=O)Cc3ccc(C)c(Cc4nccc(-c5cccnc5)n4)c3)cc2)CC1. The quantitative estimate of drug-likeness (QED) is 0.0617. The maximum atomic E-state index is 13.2. The number of amides is 5. The lowest BCUT2D eigenvalue weighted by Crippen LogP contribution is -2.54. The minimum atomic E-state index is -0.930. The van der Waals surface area contributed by atoms with E-state index in [-0.39, 0.29) is 30.4 Å². The van der Waals surface area contributed by atoms with E-state index in [2.05, 4.69) is 39.2 Å². The van der Waals surface area contributed by atoms with Crippen LogP contribution in [0.2, 0.25) is 0 Å². The topological polar surface area (TPSA) is 181 Å². The lowest BCUT2D eigenvalue weighted by molar-refractivity contribution is -0.136. The highest BCUT2D eigenvalue weighted by atomic mass is 16.5. The van der Waals surface area contributed by atoms with Crippen molar-refractivity contribution in [1.82, 2.24) is 35.0 Å². The normalized spacial score (nSPS) is 16.0. The first-order chi connectivity index (χ1) is 33.0. The summed E-state index contributed by atoms with van der Waals surface area (Å²) in [5.74, 6) is -0.913. The summed E-state index contributed by atoms with van der Waals surface area (Å²) in [5, 5.41) is 2.20. The van der Waals surface area contributed by atoms with Crippen LogP contribution in [0, 0.1) is 6.92 Å². The van der Waals surface area contributed by atoms with Gasteiger partial charge in [0.2, 0.25) is 17.7 Å². The van der Waals surface area contributed by atoms with Gasteiger partial charge in [-0.3, -0.25) is 48.9 Å². The number of piperazine rings is 1. The van der Waals surface area contributed by atoms with Crippen LogP contribution < -0.4 is 5.32 Å². The highest BCUT2D eigenvalue weighted by Gasteiger charge is 2.45. The maximum Gasteiger partial charge on any atom is 0.262 e. The molecule has 5 heterocycles. The number of piperidine rings is 1. The van der Waals surface area contributed by atoms with Crippen LogP contribution in [0.1, 0.15) is 104 Å². The highest BCUT2D eigenvalue weighted by Crippen LogP contribution is 2.30. The number of carbonyl (C=O) groups is 6. The number of ether oxygens (including phenoxy) is 2. The van der Waals surface area contributed by atoms with Gasteiger partial charge in [0.1, 0.15) is 11.9 Å². The minimum absolute atomic E-state index is 0.0920. The molecular formula is C53H59N7O8. The first-order valence-corrected chi connectivity index (χ1v) is 23.4. The number of carbonyl (C=O) groups excluding carboxylic acids is 6. The van der Waals surface area contributed by atoms with Crippen molar-refractivity contribution in [2.24, 2.45) is 0 Å². The summed E-state index contributed by atoms with van der Waals surface area (Å²) in [4.78, 5) is 93.1. The van der Waals surface area contributed by atoms with Gasteiger partial charge in [0.25, 0.3) is 11.8 Å². The van der Waals surface area contributed by atoms with E-state index >= 15 is 0 Å². The average molecular weight is 922 g/mol. The summed E-state index contributed by atoms with van der Waals surface area (Å²) in [6.45, 7) is 9.83. The van der Waals surface area contributed by atoms with Gasteiger partial charge in [-0.25, -0.2) is 9.97 Å². The molecule has 3 aliphatic rings. The van der Waals surface area contributed by atoms with Gasteiger partial charge in [0.15, 0.2) is 5.78 Å². The molecule has 1 unspecified atom stereocenters. The van der Waals surface area contributed by atoms with Crippen molar-refractivity contribution in [1.29, 1.82) is 0 Å². The summed E-state index contributed by atoms with van der Waals surface area (Å²) in [6.07, 6.45) is 9.28. The van der Waals surface area contributed by atoms with Crippen LogP contribution in [0.15, 0.2) is 97.5 Å². The monoisotopic (exact) mass is 921 g/mol. The predicted octanol–water partition coefficient (Wildman–Crippen LogP) is 5.99. The van der Waals surface area contributed by atoms with Crippen LogP contribution >= 0.6 is 0 Å². The van der Waals surface area contributed by atoms with Crippen LogP contribution in [-0.2, 0) is 49.7 Å². The molecule has 3 aromatic carbocycles. The Balaban J connectivity index is 0.000000225. The Morgan fingerprint density at radius 2 is 1.63 bits per heavy atom. The van der Waals surface area contributed by atoms with Gasteiger partial charge in [0.05, 0.1) is 29.8 Å². The molecule has 0 radical (unpaired) electrons. The molecule has 68 heavy (non-hydrogen) atoms. The lowest BCUT2D eigenvalue weighted by atomic mass is 9.97. The Labute approximate surface area is 397 Å². The molecule has 5 aromatic rings. The fourth-order valence-corrected chi connectivity index (χ4v) is 8.60. The van der Waals surface area contributed by atoms with Gasteiger partial charge in [-0.15, -0.1) is 0 Å². The van der Waals surface area contributed by atoms with Gasteiger partial charge in [-0.2, -0.15) is 0 Å². The molecule has 354 valence electrons. The number of aryl methyl sites for hydroxylation is 2. The number of aromatic nitrogens is 3. The van der Waals surface area contributed by atoms with E-state index in [1.807, 2.05) is 66.4 Å². The fourth-order valence-electron chi connectivity index (χ4n) is 8.60. The third-order valence-electron chi connectivity index (χ3n) is 12.4. The summed E-state index contributed by atoms with van der Waals surface area (Å²) < 4.78 is 10.5. The molecule has 3 aliphatic heterocycles. The van der Waals surface area contributed by atoms with E-state index in [9.17, 15) is 28.8 Å². The van der Waals surface area contributed by atoms with Crippen molar-refractivity contribution in [3.8, 4) is 11.3 Å². The van der Waals surface area contributed by atoms with E-state index in [4.69, 9.17) is 14.5 Å². The van der Waals surface area contributed by atoms with E-state index < -0.39 is 23.8 Å². The molecule has 15 nitrogen and oxygen atoms in total. The number of pyridine rings is 1. The fraction of sp³-hybridized carbons (Fsp3) is 0.377. The number of methoxy groups -OCH3 is 1. The molecular weight excluding hydrogens is 863 g/mol. The Kier molecular flexibility index (Phi) is 17.2. The standard InChI is InChI=1S/C34H37N5O3.C19H22N2O5/c1-25-5-6-27(20-30(25)22-33-36-14-11-31(37-33)29-4-3-13-35-23-29)21-32(40)28-9-7-26(8-10-28)24-38-15-17-39(18-16-38)34(41)12-19-42-2;1-2-10-26-11-4-6-12-5-3-7-13-16(12)19(25)21(18(13)24)14-8-9-15(22)20-17(14)23/h3-11,13-14,20,23H,12,15-19,21-22,24H2,1-2H3;3,5,7,14H,2,4,6,8-11H2,1H3,(H,20,22,23). The first-order valence-electron chi connectivity index (χ1n) is 23.4. The van der Waals surface area contributed by atoms with Crippen molar-refractivity contribution in [3.63, 3.8) is 0 Å². The zero-order valence-corrected chi connectivity index (χ0v) is 39.1. The second kappa shape index (κ2) is 23.8. The maximum absolute atomic E-state index is 13.2. The molecule has 1 atom stereocenters. The third-order valence-corrected chi connectivity index (χ3v) is 12.4. The number of hydrogen-bond donors (Lipinski definition) is 1. The number of imide groups is 2. The number of ketones is 1. The van der Waals surface area contributed by atoms with Crippen LogP contribution in [0.3, 0.4) is 0 Å². The van der Waals surface area contributed by atoms with E-state index in [0.29, 0.717) is 62.2 Å². The molecule has 2 saturated heterocycles. The van der Waals surface area contributed by atoms with Gasteiger partial charge in [-0.1, -0.05) is 61.5 Å². The van der Waals surface area contributed by atoms with E-state index in [0.717, 1.165) is 95.4 Å². The minimum Gasteiger partial charge on any atom is -0.384 e. The predicted molar refractivity (Wildman–Crippen MR) is 255 cm³/mol. The number of rotatable bonds is 18. The van der Waals surface area contributed by atoms with Crippen molar-refractivity contribution in [3.05, 3.63) is 148 Å². The zero-order valence-electron chi connectivity index (χ0n) is 39.1. The molecule has 0 saturated carbocycles. The van der Waals surface area contributed by atoms with Crippen LogP contribution in [-0.4, -0.2) is 124 Å². The molecule has 2 fully saturated rings. The summed E-state index contributed by atoms with van der Waals surface area (Å²) in [6, 6.07) is 24.2. The summed E-state index contributed by atoms with van der Waals surface area (Å²) >= 11 is 0. The molecule has 0 bridgehead atoms. The van der Waals surface area contributed by atoms with Crippen molar-refractivity contribution >= 4 is 35.3 Å². The smallest absolute Gasteiger partial charge is 0.262 e. The number of hydrogen-bond acceptors (Lipinski definition) is 12.